The standard InChI is InChI=1S/C18H14Cl2N2/c1-10-13-8-12(19)3-5-17(13)22-18(10)7-11-2-4-16-14(6-11)15(20)9-21-16/h2-6,8-9,21-22H,7H2,1H3. The third-order valence-electron chi connectivity index (χ3n) is 4.20. The monoisotopic (exact) mass is 328 g/mol. The average molecular weight is 329 g/mol. The van der Waals surface area contributed by atoms with Crippen LogP contribution in [0, 0.1) is 6.92 Å². The van der Waals surface area contributed by atoms with Crippen molar-refractivity contribution in [2.45, 2.75) is 13.3 Å². The number of hydrogen-bond acceptors (Lipinski definition) is 0. The smallest absolute Gasteiger partial charge is 0.0659 e. The molecule has 4 aromatic rings. The molecule has 4 rings (SSSR count). The Hall–Kier alpha value is -1.90. The Morgan fingerprint density at radius 1 is 0.955 bits per heavy atom. The first-order chi connectivity index (χ1) is 10.6. The molecular weight excluding hydrogens is 315 g/mol. The van der Waals surface area contributed by atoms with Gasteiger partial charge in [0.05, 0.1) is 5.02 Å². The number of benzene rings is 2. The molecule has 0 saturated carbocycles. The molecule has 0 amide bonds. The molecule has 0 saturated heterocycles. The van der Waals surface area contributed by atoms with Crippen LogP contribution in [0.5, 0.6) is 0 Å². The predicted octanol–water partition coefficient (Wildman–Crippen LogP) is 5.86. The van der Waals surface area contributed by atoms with Crippen LogP contribution in [0.4, 0.5) is 0 Å². The molecule has 22 heavy (non-hydrogen) atoms. The molecule has 0 spiro atoms. The van der Waals surface area contributed by atoms with Crippen LogP contribution in [0.1, 0.15) is 16.8 Å². The van der Waals surface area contributed by atoms with Gasteiger partial charge in [-0.05, 0) is 48.4 Å². The van der Waals surface area contributed by atoms with Gasteiger partial charge in [-0.2, -0.15) is 0 Å². The van der Waals surface area contributed by atoms with Gasteiger partial charge < -0.3 is 9.97 Å². The summed E-state index contributed by atoms with van der Waals surface area (Å²) in [7, 11) is 0. The summed E-state index contributed by atoms with van der Waals surface area (Å²) in [6.45, 7) is 2.13. The summed E-state index contributed by atoms with van der Waals surface area (Å²) >= 11 is 12.3. The number of rotatable bonds is 2. The zero-order chi connectivity index (χ0) is 15.3. The first-order valence-electron chi connectivity index (χ1n) is 7.14. The number of halogens is 2. The second-order valence-electron chi connectivity index (χ2n) is 5.61. The van der Waals surface area contributed by atoms with Crippen LogP contribution >= 0.6 is 23.2 Å². The topological polar surface area (TPSA) is 31.6 Å². The van der Waals surface area contributed by atoms with Crippen LogP contribution in [0.25, 0.3) is 21.8 Å². The SMILES string of the molecule is Cc1c(Cc2ccc3[nH]cc(Cl)c3c2)[nH]c2ccc(Cl)cc12. The lowest BCUT2D eigenvalue weighted by atomic mass is 10.0. The Morgan fingerprint density at radius 2 is 1.77 bits per heavy atom. The zero-order valence-electron chi connectivity index (χ0n) is 12.0. The number of aryl methyl sites for hydroxylation is 1. The van der Waals surface area contributed by atoms with Crippen molar-refractivity contribution in [3.05, 3.63) is 69.5 Å². The number of nitrogens with one attached hydrogen (secondary N) is 2. The van der Waals surface area contributed by atoms with Gasteiger partial charge in [-0.25, -0.2) is 0 Å². The van der Waals surface area contributed by atoms with Gasteiger partial charge in [0.25, 0.3) is 0 Å². The first-order valence-corrected chi connectivity index (χ1v) is 7.89. The fraction of sp³-hybridized carbons (Fsp3) is 0.111. The molecule has 2 nitrogen and oxygen atoms in total. The van der Waals surface area contributed by atoms with E-state index in [1.165, 1.54) is 22.2 Å². The second-order valence-corrected chi connectivity index (χ2v) is 6.46. The number of aromatic nitrogens is 2. The highest BCUT2D eigenvalue weighted by atomic mass is 35.5. The molecule has 0 fully saturated rings. The Labute approximate surface area is 138 Å². The van der Waals surface area contributed by atoms with Gasteiger partial charge in [0.2, 0.25) is 0 Å². The summed E-state index contributed by atoms with van der Waals surface area (Å²) in [6.07, 6.45) is 2.67. The van der Waals surface area contributed by atoms with E-state index in [9.17, 15) is 0 Å². The quantitative estimate of drug-likeness (QED) is 0.462. The normalized spacial score (nSPS) is 11.6. The lowest BCUT2D eigenvalue weighted by molar-refractivity contribution is 1.10. The van der Waals surface area contributed by atoms with E-state index in [4.69, 9.17) is 23.2 Å². The molecule has 2 N–H and O–H groups in total. The van der Waals surface area contributed by atoms with E-state index in [0.29, 0.717) is 0 Å². The number of hydrogen-bond donors (Lipinski definition) is 2. The third kappa shape index (κ3) is 2.20. The maximum absolute atomic E-state index is 6.21. The third-order valence-corrected chi connectivity index (χ3v) is 4.75. The van der Waals surface area contributed by atoms with E-state index < -0.39 is 0 Å². The second kappa shape index (κ2) is 5.08. The van der Waals surface area contributed by atoms with E-state index >= 15 is 0 Å². The van der Waals surface area contributed by atoms with Crippen molar-refractivity contribution in [2.75, 3.05) is 0 Å². The summed E-state index contributed by atoms with van der Waals surface area (Å²) in [4.78, 5) is 6.66. The molecule has 2 aromatic heterocycles. The zero-order valence-corrected chi connectivity index (χ0v) is 13.5. The van der Waals surface area contributed by atoms with Crippen molar-refractivity contribution in [2.24, 2.45) is 0 Å². The lowest BCUT2D eigenvalue weighted by Gasteiger charge is -2.02. The van der Waals surface area contributed by atoms with Gasteiger partial charge in [0.15, 0.2) is 0 Å². The lowest BCUT2D eigenvalue weighted by Crippen LogP contribution is -1.90. The van der Waals surface area contributed by atoms with Crippen molar-refractivity contribution in [3.8, 4) is 0 Å². The minimum Gasteiger partial charge on any atom is -0.360 e. The first kappa shape index (κ1) is 13.7. The molecule has 2 heterocycles. The van der Waals surface area contributed by atoms with Gasteiger partial charge in [0, 0.05) is 45.1 Å². The molecule has 0 aliphatic carbocycles. The van der Waals surface area contributed by atoms with E-state index in [0.717, 1.165) is 32.9 Å². The largest absolute Gasteiger partial charge is 0.360 e. The number of fused-ring (bicyclic) bond motifs is 2. The Bertz CT molecular complexity index is 995. The van der Waals surface area contributed by atoms with E-state index in [1.807, 2.05) is 24.4 Å². The van der Waals surface area contributed by atoms with Crippen molar-refractivity contribution in [3.63, 3.8) is 0 Å². The van der Waals surface area contributed by atoms with Gasteiger partial charge in [0.1, 0.15) is 0 Å². The van der Waals surface area contributed by atoms with E-state index in [1.54, 1.807) is 0 Å². The molecule has 2 aromatic carbocycles. The van der Waals surface area contributed by atoms with Crippen molar-refractivity contribution < 1.29 is 0 Å². The van der Waals surface area contributed by atoms with E-state index in [-0.39, 0.29) is 0 Å². The highest BCUT2D eigenvalue weighted by Gasteiger charge is 2.10. The summed E-state index contributed by atoms with van der Waals surface area (Å²) in [6, 6.07) is 12.3. The maximum Gasteiger partial charge on any atom is 0.0659 e. The number of aromatic amines is 2. The molecular formula is C18H14Cl2N2. The Balaban J connectivity index is 1.78. The highest BCUT2D eigenvalue weighted by Crippen LogP contribution is 2.28. The van der Waals surface area contributed by atoms with Crippen LogP contribution in [0.15, 0.2) is 42.6 Å². The Morgan fingerprint density at radius 3 is 2.64 bits per heavy atom. The summed E-state index contributed by atoms with van der Waals surface area (Å²) < 4.78 is 0. The van der Waals surface area contributed by atoms with Crippen molar-refractivity contribution in [1.29, 1.82) is 0 Å². The van der Waals surface area contributed by atoms with Crippen LogP contribution < -0.4 is 0 Å². The molecule has 110 valence electrons. The van der Waals surface area contributed by atoms with Gasteiger partial charge in [-0.3, -0.25) is 0 Å². The van der Waals surface area contributed by atoms with Gasteiger partial charge in [-0.1, -0.05) is 29.3 Å². The van der Waals surface area contributed by atoms with Crippen LogP contribution in [-0.4, -0.2) is 9.97 Å². The van der Waals surface area contributed by atoms with Gasteiger partial charge in [-0.15, -0.1) is 0 Å². The van der Waals surface area contributed by atoms with Crippen LogP contribution in [0.3, 0.4) is 0 Å². The van der Waals surface area contributed by atoms with Crippen molar-refractivity contribution in [1.82, 2.24) is 9.97 Å². The van der Waals surface area contributed by atoms with Crippen LogP contribution in [0.2, 0.25) is 10.0 Å². The van der Waals surface area contributed by atoms with Crippen molar-refractivity contribution >= 4 is 45.0 Å². The fourth-order valence-corrected chi connectivity index (χ4v) is 3.36. The minimum atomic E-state index is 0.761. The van der Waals surface area contributed by atoms with Crippen LogP contribution in [-0.2, 0) is 6.42 Å². The molecule has 0 unspecified atom stereocenters. The van der Waals surface area contributed by atoms with Gasteiger partial charge >= 0.3 is 0 Å². The minimum absolute atomic E-state index is 0.761. The summed E-state index contributed by atoms with van der Waals surface area (Å²) in [5, 5.41) is 3.78. The molecule has 0 aliphatic rings. The molecule has 0 bridgehead atoms. The highest BCUT2D eigenvalue weighted by molar-refractivity contribution is 6.35. The molecule has 0 atom stereocenters. The fourth-order valence-electron chi connectivity index (χ4n) is 2.98. The number of H-pyrrole nitrogens is 2. The maximum atomic E-state index is 6.21. The summed E-state index contributed by atoms with van der Waals surface area (Å²) in [5.74, 6) is 0. The molecule has 4 heteroatoms. The molecule has 0 aliphatic heterocycles. The summed E-state index contributed by atoms with van der Waals surface area (Å²) in [5.41, 5.74) is 5.88. The molecule has 0 radical (unpaired) electrons. The predicted molar refractivity (Wildman–Crippen MR) is 94.2 cm³/mol. The Kier molecular flexibility index (Phi) is 3.17. The average Bonchev–Trinajstić information content (AvgIpc) is 3.02. The van der Waals surface area contributed by atoms with E-state index in [2.05, 4.69) is 35.1 Å².